The van der Waals surface area contributed by atoms with E-state index in [9.17, 15) is 19.2 Å². The smallest absolute Gasteiger partial charge is 0.320 e. The fourth-order valence-electron chi connectivity index (χ4n) is 2.42. The van der Waals surface area contributed by atoms with Crippen LogP contribution in [0, 0.1) is 0 Å². The molecule has 0 bridgehead atoms. The van der Waals surface area contributed by atoms with Crippen molar-refractivity contribution >= 4 is 52.5 Å². The molecule has 244 valence electrons. The first-order chi connectivity index (χ1) is 24.8. The molecule has 43 heavy (non-hydrogen) atoms. The molecule has 0 amide bonds. The predicted octanol–water partition coefficient (Wildman–Crippen LogP) is -0.595. The van der Waals surface area contributed by atoms with E-state index in [1.807, 2.05) is 6.26 Å². The van der Waals surface area contributed by atoms with Crippen LogP contribution in [0.1, 0.15) is 45.4 Å². The van der Waals surface area contributed by atoms with Crippen molar-refractivity contribution in [1.82, 2.24) is 10.3 Å². The number of likely N-dealkylation sites (N-methyl/N-ethyl adjacent to an activating group) is 1. The zero-order valence-corrected chi connectivity index (χ0v) is 23.9. The molecule has 16 nitrogen and oxygen atoms in total. The Balaban J connectivity index is 0. The summed E-state index contributed by atoms with van der Waals surface area (Å²) in [6, 6.07) is -1.17. The third-order valence-electron chi connectivity index (χ3n) is 4.62. The highest BCUT2D eigenvalue weighted by molar-refractivity contribution is 7.98. The van der Waals surface area contributed by atoms with E-state index < -0.39 is 73.9 Å². The van der Waals surface area contributed by atoms with Crippen LogP contribution >= 0.6 is 11.8 Å². The fraction of sp³-hybridized carbons (Fsp3) is 0.500. The lowest BCUT2D eigenvalue weighted by Crippen LogP contribution is -2.32. The first-order valence-electron chi connectivity index (χ1n) is 17.9. The number of benzene rings is 1. The van der Waals surface area contributed by atoms with Crippen molar-refractivity contribution in [3.8, 4) is 0 Å². The molecule has 17 heteroatoms. The summed E-state index contributed by atoms with van der Waals surface area (Å²) < 4.78 is 85.2. The van der Waals surface area contributed by atoms with Gasteiger partial charge >= 0.3 is 23.9 Å². The van der Waals surface area contributed by atoms with Gasteiger partial charge in [0, 0.05) is 41.0 Å². The summed E-state index contributed by atoms with van der Waals surface area (Å²) in [6.45, 7) is -5.86. The van der Waals surface area contributed by atoms with Crippen LogP contribution in [0.3, 0.4) is 0 Å². The average molecular weight is 653 g/mol. The maximum atomic E-state index is 11.2. The van der Waals surface area contributed by atoms with Crippen molar-refractivity contribution in [2.24, 2.45) is 33.6 Å². The maximum Gasteiger partial charge on any atom is 0.320 e. The van der Waals surface area contributed by atoms with Crippen LogP contribution in [-0.4, -0.2) is 105 Å². The Kier molecular flexibility index (Phi) is 12.9. The summed E-state index contributed by atoms with van der Waals surface area (Å²) in [5.41, 5.74) is 20.6. The number of nitrogens with one attached hydrogen (secondary N) is 2. The van der Waals surface area contributed by atoms with E-state index in [1.54, 1.807) is 36.0 Å². The van der Waals surface area contributed by atoms with Crippen LogP contribution in [0.15, 0.2) is 35.5 Å². The minimum atomic E-state index is -3.27. The number of para-hydroxylation sites is 1. The standard InChI is InChI=1S/C11H12N2O2.C6H14N4O2.C5H11NO2S.C4H9NO2/c12-9(11(14)15)5-7-6-13-10-4-2-1-3-8(7)10;7-4(5(11)12)2-1-3-10-6(8)9;1-9-3-2-4(6)5(7)8;1-3(5-2)4(6)7/h1-4,6,9,13H,5,12H2,(H,14,15);4H,1-3,7H2,(H,11,12)(H4,8,9,10);4H,2-3,6H2,1H3,(H,7,8);3,5H,1-2H3,(H,6,7)/t9-;2*4-;3-/m0000/s1/i5D2,9D;1+1,2+1,3+1,4+1,5+1,6+1,7+1,8+1,9+1,10+1;;1D3,2D3,3D/hD2. The second kappa shape index (κ2) is 23.6. The molecular weight excluding hydrogens is 594 g/mol. The Morgan fingerprint density at radius 3 is 2.16 bits per heavy atom. The molecule has 0 aliphatic carbocycles. The molecule has 2 aromatic rings. The number of nitrogens with two attached hydrogens (primary N) is 5. The Labute approximate surface area is 271 Å². The van der Waals surface area contributed by atoms with E-state index in [0.717, 1.165) is 5.75 Å². The molecule has 0 spiro atoms. The van der Waals surface area contributed by atoms with Gasteiger partial charge in [-0.2, -0.15) is 11.8 Å². The van der Waals surface area contributed by atoms with Gasteiger partial charge in [-0.3, -0.25) is 24.2 Å². The highest BCUT2D eigenvalue weighted by atomic mass is 32.2. The second-order valence-electron chi connectivity index (χ2n) is 7.95. The molecule has 2 rings (SSSR count). The van der Waals surface area contributed by atoms with E-state index in [0.29, 0.717) is 36.7 Å². The van der Waals surface area contributed by atoms with Crippen molar-refractivity contribution in [2.75, 3.05) is 25.5 Å². The lowest BCUT2D eigenvalue weighted by molar-refractivity contribution is -0.139. The minimum Gasteiger partial charge on any atom is -0.480 e. The molecule has 0 saturated heterocycles. The lowest BCUT2D eigenvalue weighted by Gasteiger charge is -2.04. The number of aliphatic imine (C=N–C) groups is 1. The minimum absolute atomic E-state index is 0.0129. The van der Waals surface area contributed by atoms with Gasteiger partial charge in [0.15, 0.2) is 5.96 Å². The Hall–Kier alpha value is -3.90. The van der Waals surface area contributed by atoms with Crippen molar-refractivity contribution in [3.63, 3.8) is 0 Å². The van der Waals surface area contributed by atoms with Gasteiger partial charge in [0.05, 0.1) is 2.74 Å². The highest BCUT2D eigenvalue weighted by Crippen LogP contribution is 2.18. The number of carboxylic acids is 4. The number of guanidine groups is 1. The number of fused-ring (bicyclic) bond motifs is 1. The predicted molar refractivity (Wildman–Crippen MR) is 168 cm³/mol. The summed E-state index contributed by atoms with van der Waals surface area (Å²) in [7, 11) is 0. The molecule has 1 heterocycles. The number of carboxylic acid groups (broad SMARTS) is 4. The molecule has 16 N–H and O–H groups in total. The molecule has 1 aromatic carbocycles. The Morgan fingerprint density at radius 2 is 1.70 bits per heavy atom. The number of rotatable bonds is 15. The van der Waals surface area contributed by atoms with Gasteiger partial charge < -0.3 is 59.4 Å². The van der Waals surface area contributed by atoms with Gasteiger partial charge in [-0.05, 0) is 56.7 Å². The molecule has 0 unspecified atom stereocenters. The number of aromatic amines is 1. The van der Waals surface area contributed by atoms with E-state index >= 15 is 0 Å². The molecule has 1 aromatic heterocycles. The van der Waals surface area contributed by atoms with Crippen LogP contribution < -0.4 is 34.0 Å². The van der Waals surface area contributed by atoms with E-state index in [4.69, 9.17) is 59.9 Å². The molecular formula is C26H46N8O8S. The Morgan fingerprint density at radius 1 is 1.07 bits per heavy atom. The quantitative estimate of drug-likeness (QED) is 0.0376. The largest absolute Gasteiger partial charge is 0.480 e. The first-order valence-corrected chi connectivity index (χ1v) is 13.4. The molecule has 0 saturated carbocycles. The summed E-state index contributed by atoms with van der Waals surface area (Å²) in [4.78, 5) is 48.5. The topological polar surface area (TPSA) is 319 Å². The molecule has 0 aliphatic heterocycles. The van der Waals surface area contributed by atoms with E-state index in [2.05, 4.69) is 9.98 Å². The zero-order chi connectivity index (χ0) is 43.8. The number of hydrogen-bond acceptors (Lipinski definition) is 10. The molecule has 0 radical (unpaired) electrons. The van der Waals surface area contributed by atoms with Gasteiger partial charge in [-0.1, -0.05) is 18.2 Å². The van der Waals surface area contributed by atoms with E-state index in [1.165, 1.54) is 11.5 Å². The number of hydrogen-bond donors (Lipinski definition) is 11. The van der Waals surface area contributed by atoms with Crippen LogP contribution in [-0.2, 0) is 25.6 Å². The third-order valence-corrected chi connectivity index (χ3v) is 5.26. The molecule has 0 aliphatic rings. The normalized spacial score (nSPS) is 19.3. The SMILES string of the molecule is CSCC[C@H](N)C(=O)O.[15NH2][13C]([15NH2])=[15N][13CH2][13CH2][13CH2][13C@H]([15NH2])[13C](=O)O.[2H]C([2H])([2H])N[C@]([2H])(C(=O)O)C([2H])([2H])[2H].[2H]N([2H])[C@]([2H])(C(=O)O)C([2H])([2H])c1c[nH]c2ccccc12. The van der Waals surface area contributed by atoms with E-state index in [-0.39, 0.29) is 11.5 Å². The van der Waals surface area contributed by atoms with Gasteiger partial charge in [0.2, 0.25) is 0 Å². The maximum absolute atomic E-state index is 11.2. The van der Waals surface area contributed by atoms with Crippen LogP contribution in [0.2, 0.25) is 2.82 Å². The molecule has 0 fully saturated rings. The number of aliphatic carboxylic acids is 4. The van der Waals surface area contributed by atoms with Gasteiger partial charge in [-0.15, -0.1) is 0 Å². The average Bonchev–Trinajstić information content (AvgIpc) is 3.49. The lowest BCUT2D eigenvalue weighted by atomic mass is 10.1. The van der Waals surface area contributed by atoms with Crippen molar-refractivity contribution in [2.45, 2.75) is 56.6 Å². The summed E-state index contributed by atoms with van der Waals surface area (Å²) >= 11 is 1.60. The highest BCUT2D eigenvalue weighted by Gasteiger charge is 2.14. The fourth-order valence-corrected chi connectivity index (χ4v) is 2.91. The number of carbonyl (C=O) groups is 4. The van der Waals surface area contributed by atoms with Crippen LogP contribution in [0.25, 0.3) is 10.9 Å². The summed E-state index contributed by atoms with van der Waals surface area (Å²) in [5.74, 6) is -5.05. The van der Waals surface area contributed by atoms with Gasteiger partial charge in [0.1, 0.15) is 26.9 Å². The second-order valence-corrected chi connectivity index (χ2v) is 8.94. The van der Waals surface area contributed by atoms with Gasteiger partial charge in [-0.25, -0.2) is 0 Å². The van der Waals surface area contributed by atoms with Crippen LogP contribution in [0.4, 0.5) is 0 Å². The van der Waals surface area contributed by atoms with Crippen molar-refractivity contribution in [1.29, 1.82) is 0 Å². The molecule has 4 atom stereocenters. The van der Waals surface area contributed by atoms with Crippen molar-refractivity contribution in [3.05, 3.63) is 36.0 Å². The summed E-state index contributed by atoms with van der Waals surface area (Å²) in [6.07, 6.45) is 1.94. The Bertz CT molecular complexity index is 1580. The first kappa shape index (κ1) is 23.5. The van der Waals surface area contributed by atoms with Crippen molar-refractivity contribution < 1.29 is 56.1 Å². The third kappa shape index (κ3) is 20.6. The zero-order valence-electron chi connectivity index (χ0n) is 35.1. The number of H-pyrrole nitrogens is 1. The summed E-state index contributed by atoms with van der Waals surface area (Å²) in [5, 5.41) is 35.9. The number of thioether (sulfide) groups is 1. The van der Waals surface area contributed by atoms with Gasteiger partial charge in [0.25, 0.3) is 0 Å². The number of aromatic nitrogens is 1. The van der Waals surface area contributed by atoms with Crippen LogP contribution in [0.5, 0.6) is 0 Å². The monoisotopic (exact) mass is 652 g/mol. The number of nitrogens with zero attached hydrogens (tertiary/aromatic N) is 1.